The highest BCUT2D eigenvalue weighted by molar-refractivity contribution is 6.30. The van der Waals surface area contributed by atoms with E-state index in [1.165, 1.54) is 55.2 Å². The highest BCUT2D eigenvalue weighted by Gasteiger charge is 2.71. The normalized spacial score (nSPS) is 40.5. The summed E-state index contributed by atoms with van der Waals surface area (Å²) >= 11 is 6.27. The second-order valence-electron chi connectivity index (χ2n) is 22.3. The third kappa shape index (κ3) is 7.03. The molecule has 4 saturated carbocycles. The van der Waals surface area contributed by atoms with Crippen LogP contribution in [0.1, 0.15) is 131 Å². The quantitative estimate of drug-likeness (QED) is 0.220. The number of carbonyl (C=O) groups is 1. The lowest BCUT2D eigenvalue weighted by Gasteiger charge is -2.73. The lowest BCUT2D eigenvalue weighted by atomic mass is 9.32. The minimum atomic E-state index is -1.26. The number of aliphatic carboxylic acids is 1. The van der Waals surface area contributed by atoms with Gasteiger partial charge in [-0.3, -0.25) is 9.69 Å². The van der Waals surface area contributed by atoms with E-state index in [-0.39, 0.29) is 39.6 Å². The molecule has 0 saturated heterocycles. The van der Waals surface area contributed by atoms with Gasteiger partial charge in [0.2, 0.25) is 0 Å². The van der Waals surface area contributed by atoms with Gasteiger partial charge in [0, 0.05) is 36.6 Å². The Morgan fingerprint density at radius 2 is 1.60 bits per heavy atom. The SMILES string of the molecule is CC(C)[C@@H]1CC[C@]2([C@H](O)CN(CCN(C)C)Cc3ccc(Cl)cc3)CC[C@]3(C)[C@H](CC[C@@H]4[C@@]5(C)CC=C(C6=CCC(CF)(C(=O)O)CC6)C(C)(C)[C@@H]5CC[C@]43C)[C@@H]12. The minimum absolute atomic E-state index is 0.0264. The highest BCUT2D eigenvalue weighted by atomic mass is 35.5. The van der Waals surface area contributed by atoms with Gasteiger partial charge in [-0.05, 0) is 177 Å². The second-order valence-corrected chi connectivity index (χ2v) is 22.7. The smallest absolute Gasteiger partial charge is 0.312 e. The number of carboxylic acid groups (broad SMARTS) is 1. The largest absolute Gasteiger partial charge is 0.481 e. The molecule has 0 bridgehead atoms. The summed E-state index contributed by atoms with van der Waals surface area (Å²) in [5.41, 5.74) is 3.22. The fourth-order valence-electron chi connectivity index (χ4n) is 15.5. The fraction of sp³-hybridized carbons (Fsp3) is 0.780. The van der Waals surface area contributed by atoms with Gasteiger partial charge in [0.05, 0.1) is 11.5 Å². The van der Waals surface area contributed by atoms with Crippen molar-refractivity contribution in [1.82, 2.24) is 9.80 Å². The van der Waals surface area contributed by atoms with Crippen LogP contribution in [0.15, 0.2) is 47.6 Å². The average Bonchev–Trinajstić information content (AvgIpc) is 3.56. The zero-order valence-electron chi connectivity index (χ0n) is 37.0. The molecule has 4 fully saturated rings. The number of hydrogen-bond acceptors (Lipinski definition) is 4. The summed E-state index contributed by atoms with van der Waals surface area (Å²) in [6, 6.07) is 8.26. The van der Waals surface area contributed by atoms with E-state index in [2.05, 4.69) is 96.6 Å². The summed E-state index contributed by atoms with van der Waals surface area (Å²) in [6.45, 7) is 20.5. The Hall–Kier alpha value is -1.73. The first kappa shape index (κ1) is 43.4. The summed E-state index contributed by atoms with van der Waals surface area (Å²) < 4.78 is 14.1. The second kappa shape index (κ2) is 15.6. The Kier molecular flexibility index (Phi) is 11.9. The Morgan fingerprint density at radius 1 is 0.877 bits per heavy atom. The summed E-state index contributed by atoms with van der Waals surface area (Å²) in [5, 5.41) is 23.4. The number of rotatable bonds is 12. The zero-order valence-corrected chi connectivity index (χ0v) is 37.7. The molecule has 1 aromatic carbocycles. The van der Waals surface area contributed by atoms with Crippen molar-refractivity contribution in [2.45, 2.75) is 138 Å². The van der Waals surface area contributed by atoms with Crippen molar-refractivity contribution in [3.63, 3.8) is 0 Å². The maximum atomic E-state index is 14.1. The van der Waals surface area contributed by atoms with Crippen LogP contribution in [0, 0.1) is 68.0 Å². The van der Waals surface area contributed by atoms with Crippen LogP contribution in [0.25, 0.3) is 0 Å². The van der Waals surface area contributed by atoms with Crippen molar-refractivity contribution >= 4 is 17.6 Å². The van der Waals surface area contributed by atoms with Gasteiger partial charge in [-0.25, -0.2) is 4.39 Å². The first-order chi connectivity index (χ1) is 26.8. The number of aliphatic hydroxyl groups excluding tert-OH is 1. The molecule has 57 heavy (non-hydrogen) atoms. The number of nitrogens with zero attached hydrogens (tertiary/aromatic N) is 2. The molecule has 7 rings (SSSR count). The molecule has 6 aliphatic rings. The van der Waals surface area contributed by atoms with Crippen LogP contribution in [0.5, 0.6) is 0 Å². The minimum Gasteiger partial charge on any atom is -0.481 e. The Labute approximate surface area is 350 Å². The van der Waals surface area contributed by atoms with Crippen LogP contribution in [-0.4, -0.2) is 72.5 Å². The molecule has 0 heterocycles. The van der Waals surface area contributed by atoms with Crippen LogP contribution >= 0.6 is 11.6 Å². The van der Waals surface area contributed by atoms with Crippen LogP contribution in [-0.2, 0) is 11.3 Å². The molecule has 6 aliphatic carbocycles. The van der Waals surface area contributed by atoms with Gasteiger partial charge in [0.25, 0.3) is 0 Å². The van der Waals surface area contributed by atoms with E-state index in [1.54, 1.807) is 0 Å². The number of allylic oxidation sites excluding steroid dienone is 4. The molecule has 0 aromatic heterocycles. The van der Waals surface area contributed by atoms with Crippen molar-refractivity contribution in [3.05, 3.63) is 58.1 Å². The molecule has 0 aliphatic heterocycles. The topological polar surface area (TPSA) is 64.0 Å². The molecule has 318 valence electrons. The number of aliphatic hydroxyl groups is 1. The third-order valence-corrected chi connectivity index (χ3v) is 19.2. The summed E-state index contributed by atoms with van der Waals surface area (Å²) in [4.78, 5) is 16.8. The Bertz CT molecular complexity index is 1710. The monoisotopic (exact) mass is 807 g/mol. The Balaban J connectivity index is 1.16. The maximum absolute atomic E-state index is 14.1. The predicted octanol–water partition coefficient (Wildman–Crippen LogP) is 11.5. The Morgan fingerprint density at radius 3 is 2.21 bits per heavy atom. The molecule has 7 heteroatoms. The molecule has 11 atom stereocenters. The van der Waals surface area contributed by atoms with E-state index in [0.29, 0.717) is 54.9 Å². The summed E-state index contributed by atoms with van der Waals surface area (Å²) in [6.07, 6.45) is 16.4. The number of halogens is 2. The lowest BCUT2D eigenvalue weighted by molar-refractivity contribution is -0.239. The predicted molar refractivity (Wildman–Crippen MR) is 232 cm³/mol. The van der Waals surface area contributed by atoms with E-state index in [1.807, 2.05) is 12.1 Å². The first-order valence-electron chi connectivity index (χ1n) is 22.8. The molecule has 0 spiro atoms. The number of likely N-dealkylation sites (N-methyl/N-ethyl adjacent to an activating group) is 1. The van der Waals surface area contributed by atoms with Gasteiger partial charge in [-0.15, -0.1) is 0 Å². The van der Waals surface area contributed by atoms with Crippen LogP contribution in [0.2, 0.25) is 5.02 Å². The molecular formula is C50H76ClFN2O3. The summed E-state index contributed by atoms with van der Waals surface area (Å²) in [5.74, 6) is 2.58. The van der Waals surface area contributed by atoms with Gasteiger partial charge >= 0.3 is 5.97 Å². The maximum Gasteiger partial charge on any atom is 0.312 e. The molecule has 0 radical (unpaired) electrons. The molecule has 5 nitrogen and oxygen atoms in total. The summed E-state index contributed by atoms with van der Waals surface area (Å²) in [7, 11) is 4.28. The molecule has 1 aromatic rings. The van der Waals surface area contributed by atoms with Gasteiger partial charge in [-0.2, -0.15) is 0 Å². The molecule has 2 N–H and O–H groups in total. The van der Waals surface area contributed by atoms with Gasteiger partial charge in [0.1, 0.15) is 6.67 Å². The van der Waals surface area contributed by atoms with E-state index < -0.39 is 18.1 Å². The van der Waals surface area contributed by atoms with E-state index in [9.17, 15) is 19.4 Å². The van der Waals surface area contributed by atoms with Crippen molar-refractivity contribution in [2.75, 3.05) is 40.4 Å². The van der Waals surface area contributed by atoms with E-state index >= 15 is 0 Å². The lowest BCUT2D eigenvalue weighted by Crippen LogP contribution is -2.66. The van der Waals surface area contributed by atoms with Crippen molar-refractivity contribution in [2.24, 2.45) is 68.0 Å². The van der Waals surface area contributed by atoms with Gasteiger partial charge in [-0.1, -0.05) is 84.4 Å². The highest BCUT2D eigenvalue weighted by Crippen LogP contribution is 2.78. The van der Waals surface area contributed by atoms with E-state index in [0.717, 1.165) is 43.9 Å². The fourth-order valence-corrected chi connectivity index (χ4v) is 15.7. The third-order valence-electron chi connectivity index (χ3n) is 18.9. The number of carboxylic acids is 1. The average molecular weight is 808 g/mol. The number of alkyl halides is 1. The molecule has 1 unspecified atom stereocenters. The van der Waals surface area contributed by atoms with Crippen LogP contribution in [0.3, 0.4) is 0 Å². The van der Waals surface area contributed by atoms with Crippen molar-refractivity contribution in [1.29, 1.82) is 0 Å². The van der Waals surface area contributed by atoms with Gasteiger partial charge < -0.3 is 15.1 Å². The molecule has 0 amide bonds. The molecular weight excluding hydrogens is 731 g/mol. The number of benzene rings is 1. The first-order valence-corrected chi connectivity index (χ1v) is 23.1. The number of hydrogen-bond donors (Lipinski definition) is 2. The number of fused-ring (bicyclic) bond motifs is 7. The van der Waals surface area contributed by atoms with Crippen LogP contribution in [0.4, 0.5) is 4.39 Å². The van der Waals surface area contributed by atoms with Crippen molar-refractivity contribution < 1.29 is 19.4 Å². The zero-order chi connectivity index (χ0) is 41.3. The van der Waals surface area contributed by atoms with E-state index in [4.69, 9.17) is 11.6 Å². The standard InChI is InChI=1S/C50H76ClFN2O3/c1-33(2)37-18-25-50(42(55)31-54(29-28-53(8)9)30-34-10-12-36(51)13-11-34)27-26-47(6)39(43(37)50)14-15-41-46(5)21-19-38(45(3,4)40(46)20-22-48(41,47)7)35-16-23-49(32-52,24-17-35)44(56)57/h10-13,16,19,33,37,39-43,55H,14-15,17-18,20-32H2,1-9H3,(H,56,57)/t37-,39+,40-,41+,42+,43+,46-,47+,48+,49?,50+/m0/s1. The van der Waals surface area contributed by atoms with Crippen LogP contribution < -0.4 is 0 Å². The van der Waals surface area contributed by atoms with Crippen molar-refractivity contribution in [3.8, 4) is 0 Å². The van der Waals surface area contributed by atoms with Gasteiger partial charge in [0.15, 0.2) is 0 Å².